The molecule has 0 aliphatic carbocycles. The van der Waals surface area contributed by atoms with E-state index < -0.39 is 0 Å². The zero-order chi connectivity index (χ0) is 31.2. The number of aromatic nitrogens is 3. The number of fused-ring (bicyclic) bond motifs is 4. The predicted octanol–water partition coefficient (Wildman–Crippen LogP) is 11.3. The number of para-hydroxylation sites is 1. The highest BCUT2D eigenvalue weighted by atomic mass is 16.3. The van der Waals surface area contributed by atoms with E-state index in [2.05, 4.69) is 84.9 Å². The molecule has 0 aliphatic rings. The Hall–Kier alpha value is -6.39. The largest absolute Gasteiger partial charge is 0.455 e. The summed E-state index contributed by atoms with van der Waals surface area (Å²) >= 11 is 0. The molecule has 2 heterocycles. The van der Waals surface area contributed by atoms with Crippen molar-refractivity contribution in [3.8, 4) is 56.4 Å². The fourth-order valence-electron chi connectivity index (χ4n) is 6.38. The van der Waals surface area contributed by atoms with Crippen LogP contribution in [-0.2, 0) is 0 Å². The number of nitrogens with zero attached hydrogens (tertiary/aromatic N) is 3. The molecule has 0 amide bonds. The zero-order valence-corrected chi connectivity index (χ0v) is 25.3. The summed E-state index contributed by atoms with van der Waals surface area (Å²) in [5.74, 6) is 1.79. The molecular formula is C43H27N3O. The summed E-state index contributed by atoms with van der Waals surface area (Å²) in [5, 5.41) is 4.54. The predicted molar refractivity (Wildman–Crippen MR) is 192 cm³/mol. The van der Waals surface area contributed by atoms with Gasteiger partial charge < -0.3 is 4.42 Å². The standard InChI is InChI=1S/C43H27N3O/c1-3-12-31(13-4-1)41-44-42(32-14-5-2-6-15-32)46-43(45-41)39-35(25-26-37-36-17-9-10-18-38(36)47-40(37)39)30-22-19-29(20-23-30)34-24-21-28-11-7-8-16-33(28)27-34/h1-27H. The summed E-state index contributed by atoms with van der Waals surface area (Å²) in [6.07, 6.45) is 0. The fourth-order valence-corrected chi connectivity index (χ4v) is 6.38. The summed E-state index contributed by atoms with van der Waals surface area (Å²) in [4.78, 5) is 15.2. The normalized spacial score (nSPS) is 11.4. The van der Waals surface area contributed by atoms with Gasteiger partial charge in [-0.1, -0.05) is 146 Å². The van der Waals surface area contributed by atoms with Crippen LogP contribution in [0.4, 0.5) is 0 Å². The van der Waals surface area contributed by atoms with Crippen LogP contribution in [0.25, 0.3) is 89.1 Å². The minimum Gasteiger partial charge on any atom is -0.455 e. The number of rotatable bonds is 5. The second-order valence-electron chi connectivity index (χ2n) is 11.6. The Morgan fingerprint density at radius 2 is 0.936 bits per heavy atom. The third-order valence-corrected chi connectivity index (χ3v) is 8.75. The Labute approximate surface area is 271 Å². The van der Waals surface area contributed by atoms with Crippen molar-refractivity contribution < 1.29 is 4.42 Å². The molecule has 0 unspecified atom stereocenters. The average Bonchev–Trinajstić information content (AvgIpc) is 3.54. The summed E-state index contributed by atoms with van der Waals surface area (Å²) < 4.78 is 6.62. The van der Waals surface area contributed by atoms with Crippen LogP contribution >= 0.6 is 0 Å². The van der Waals surface area contributed by atoms with Crippen molar-refractivity contribution in [2.45, 2.75) is 0 Å². The molecule has 0 fully saturated rings. The monoisotopic (exact) mass is 601 g/mol. The van der Waals surface area contributed by atoms with Gasteiger partial charge in [-0.05, 0) is 51.2 Å². The lowest BCUT2D eigenvalue weighted by molar-refractivity contribution is 0.669. The van der Waals surface area contributed by atoms with Gasteiger partial charge in [0.05, 0.1) is 5.56 Å². The van der Waals surface area contributed by atoms with Gasteiger partial charge in [-0.2, -0.15) is 0 Å². The second-order valence-corrected chi connectivity index (χ2v) is 11.6. The molecule has 0 aliphatic heterocycles. The number of furan rings is 1. The second kappa shape index (κ2) is 11.2. The van der Waals surface area contributed by atoms with Crippen molar-refractivity contribution in [3.05, 3.63) is 164 Å². The lowest BCUT2D eigenvalue weighted by Gasteiger charge is -2.13. The van der Waals surface area contributed by atoms with Crippen LogP contribution in [0, 0.1) is 0 Å². The van der Waals surface area contributed by atoms with E-state index in [0.717, 1.165) is 55.3 Å². The minimum atomic E-state index is 0.566. The summed E-state index contributed by atoms with van der Waals surface area (Å²) in [5.41, 5.74) is 8.65. The van der Waals surface area contributed by atoms with E-state index in [9.17, 15) is 0 Å². The maximum Gasteiger partial charge on any atom is 0.168 e. The van der Waals surface area contributed by atoms with Crippen molar-refractivity contribution in [1.82, 2.24) is 15.0 Å². The van der Waals surface area contributed by atoms with Crippen molar-refractivity contribution in [2.75, 3.05) is 0 Å². The first-order valence-electron chi connectivity index (χ1n) is 15.7. The average molecular weight is 602 g/mol. The number of benzene rings is 7. The molecule has 220 valence electrons. The van der Waals surface area contributed by atoms with E-state index in [-0.39, 0.29) is 0 Å². The first-order chi connectivity index (χ1) is 23.3. The molecule has 4 nitrogen and oxygen atoms in total. The van der Waals surface area contributed by atoms with E-state index in [1.807, 2.05) is 78.9 Å². The van der Waals surface area contributed by atoms with Gasteiger partial charge in [-0.25, -0.2) is 15.0 Å². The summed E-state index contributed by atoms with van der Waals surface area (Å²) in [6, 6.07) is 56.4. The minimum absolute atomic E-state index is 0.566. The van der Waals surface area contributed by atoms with Gasteiger partial charge in [0, 0.05) is 21.9 Å². The third kappa shape index (κ3) is 4.84. The lowest BCUT2D eigenvalue weighted by Crippen LogP contribution is -2.01. The molecule has 0 saturated carbocycles. The van der Waals surface area contributed by atoms with Crippen LogP contribution in [0.5, 0.6) is 0 Å². The van der Waals surface area contributed by atoms with Gasteiger partial charge in [0.1, 0.15) is 11.2 Å². The van der Waals surface area contributed by atoms with Gasteiger partial charge in [-0.3, -0.25) is 0 Å². The Morgan fingerprint density at radius 3 is 1.66 bits per heavy atom. The zero-order valence-electron chi connectivity index (χ0n) is 25.3. The Balaban J connectivity index is 1.27. The van der Waals surface area contributed by atoms with E-state index >= 15 is 0 Å². The maximum atomic E-state index is 6.62. The number of hydrogen-bond donors (Lipinski definition) is 0. The Morgan fingerprint density at radius 1 is 0.362 bits per heavy atom. The molecule has 0 N–H and O–H groups in total. The quantitative estimate of drug-likeness (QED) is 0.197. The Bertz CT molecular complexity index is 2500. The van der Waals surface area contributed by atoms with Crippen molar-refractivity contribution in [3.63, 3.8) is 0 Å². The van der Waals surface area contributed by atoms with Crippen molar-refractivity contribution in [2.24, 2.45) is 0 Å². The van der Waals surface area contributed by atoms with Gasteiger partial charge in [0.25, 0.3) is 0 Å². The molecule has 0 bridgehead atoms. The van der Waals surface area contributed by atoms with E-state index in [1.54, 1.807) is 0 Å². The molecule has 4 heteroatoms. The van der Waals surface area contributed by atoms with Crippen molar-refractivity contribution >= 4 is 32.7 Å². The lowest BCUT2D eigenvalue weighted by atomic mass is 9.94. The van der Waals surface area contributed by atoms with Crippen LogP contribution in [0.1, 0.15) is 0 Å². The highest BCUT2D eigenvalue weighted by Gasteiger charge is 2.22. The van der Waals surface area contributed by atoms with Crippen LogP contribution < -0.4 is 0 Å². The van der Waals surface area contributed by atoms with Gasteiger partial charge in [0.15, 0.2) is 17.5 Å². The molecule has 47 heavy (non-hydrogen) atoms. The van der Waals surface area contributed by atoms with Gasteiger partial charge >= 0.3 is 0 Å². The van der Waals surface area contributed by atoms with Crippen molar-refractivity contribution in [1.29, 1.82) is 0 Å². The smallest absolute Gasteiger partial charge is 0.168 e. The topological polar surface area (TPSA) is 51.8 Å². The van der Waals surface area contributed by atoms with Gasteiger partial charge in [-0.15, -0.1) is 0 Å². The van der Waals surface area contributed by atoms with Gasteiger partial charge in [0.2, 0.25) is 0 Å². The molecule has 0 saturated heterocycles. The maximum absolute atomic E-state index is 6.62. The molecule has 9 rings (SSSR count). The molecule has 7 aromatic carbocycles. The SMILES string of the molecule is c1ccc(-c2nc(-c3ccccc3)nc(-c3c(-c4ccc(-c5ccc6ccccc6c5)cc4)ccc4c3oc3ccccc34)n2)cc1. The molecule has 0 spiro atoms. The Kier molecular flexibility index (Phi) is 6.43. The van der Waals surface area contributed by atoms with E-state index in [0.29, 0.717) is 17.5 Å². The third-order valence-electron chi connectivity index (χ3n) is 8.75. The fraction of sp³-hybridized carbons (Fsp3) is 0. The van der Waals surface area contributed by atoms with Crippen LogP contribution in [0.15, 0.2) is 168 Å². The first kappa shape index (κ1) is 27.0. The van der Waals surface area contributed by atoms with Crippen LogP contribution in [-0.4, -0.2) is 15.0 Å². The van der Waals surface area contributed by atoms with Crippen LogP contribution in [0.3, 0.4) is 0 Å². The molecule has 0 radical (unpaired) electrons. The van der Waals surface area contributed by atoms with E-state index in [4.69, 9.17) is 19.4 Å². The molecular weight excluding hydrogens is 574 g/mol. The highest BCUT2D eigenvalue weighted by molar-refractivity contribution is 6.12. The van der Waals surface area contributed by atoms with Crippen LogP contribution in [0.2, 0.25) is 0 Å². The molecule has 2 aromatic heterocycles. The molecule has 9 aromatic rings. The summed E-state index contributed by atoms with van der Waals surface area (Å²) in [7, 11) is 0. The first-order valence-corrected chi connectivity index (χ1v) is 15.7. The summed E-state index contributed by atoms with van der Waals surface area (Å²) in [6.45, 7) is 0. The molecule has 0 atom stereocenters. The number of hydrogen-bond acceptors (Lipinski definition) is 4. The van der Waals surface area contributed by atoms with E-state index in [1.165, 1.54) is 16.3 Å². The highest BCUT2D eigenvalue weighted by Crippen LogP contribution is 2.42.